The van der Waals surface area contributed by atoms with Gasteiger partial charge in [-0.2, -0.15) is 0 Å². The van der Waals surface area contributed by atoms with Crippen molar-refractivity contribution in [2.75, 3.05) is 37.7 Å². The van der Waals surface area contributed by atoms with Gasteiger partial charge in [-0.25, -0.2) is 4.98 Å². The van der Waals surface area contributed by atoms with E-state index in [0.29, 0.717) is 0 Å². The fourth-order valence-electron chi connectivity index (χ4n) is 4.68. The van der Waals surface area contributed by atoms with Crippen molar-refractivity contribution in [1.29, 1.82) is 0 Å². The summed E-state index contributed by atoms with van der Waals surface area (Å²) in [5.41, 5.74) is 6.83. The number of H-pyrrole nitrogens is 1. The molecule has 0 atom stereocenters. The summed E-state index contributed by atoms with van der Waals surface area (Å²) in [6.45, 7) is 16.2. The minimum Gasteiger partial charge on any atom is -0.493 e. The Labute approximate surface area is 250 Å². The Morgan fingerprint density at radius 1 is 0.951 bits per heavy atom. The number of rotatable bonds is 6. The maximum atomic E-state index is 11.2. The van der Waals surface area contributed by atoms with Crippen molar-refractivity contribution in [3.63, 3.8) is 0 Å². The first-order valence-corrected chi connectivity index (χ1v) is 15.2. The van der Waals surface area contributed by atoms with Crippen molar-refractivity contribution < 1.29 is 9.53 Å². The number of aromatic nitrogens is 2. The number of para-hydroxylation sites is 1. The number of carbonyl (C=O) groups excluding carboxylic acids is 1. The van der Waals surface area contributed by atoms with Crippen LogP contribution in [0.1, 0.15) is 58.8 Å². The van der Waals surface area contributed by atoms with E-state index < -0.39 is 0 Å². The zero-order valence-electron chi connectivity index (χ0n) is 25.5. The number of halogens is 1. The second-order valence-electron chi connectivity index (χ2n) is 10.2. The normalized spacial score (nSPS) is 12.8. The molecule has 0 spiro atoms. The van der Waals surface area contributed by atoms with Crippen LogP contribution in [0.25, 0.3) is 22.2 Å². The maximum Gasteiger partial charge on any atom is 0.219 e. The molecule has 1 saturated heterocycles. The summed E-state index contributed by atoms with van der Waals surface area (Å²) in [6.07, 6.45) is 3.25. The van der Waals surface area contributed by atoms with E-state index in [4.69, 9.17) is 16.3 Å². The summed E-state index contributed by atoms with van der Waals surface area (Å²) in [4.78, 5) is 23.0. The van der Waals surface area contributed by atoms with Gasteiger partial charge in [-0.3, -0.25) is 4.79 Å². The molecular formula is C34H45ClN4O2. The Balaban J connectivity index is 0.000000215. The number of carbonyl (C=O) groups is 1. The molecule has 0 radical (unpaired) electrons. The molecule has 1 aromatic heterocycles. The number of piperazine rings is 1. The zero-order valence-corrected chi connectivity index (χ0v) is 26.2. The Hall–Kier alpha value is -3.51. The number of anilines is 1. The molecule has 1 amide bonds. The number of imidazole rings is 1. The van der Waals surface area contributed by atoms with Gasteiger partial charge in [-0.1, -0.05) is 70.0 Å². The molecule has 1 aliphatic heterocycles. The van der Waals surface area contributed by atoms with E-state index in [9.17, 15) is 4.79 Å². The van der Waals surface area contributed by atoms with Crippen LogP contribution in [0.5, 0.6) is 5.75 Å². The van der Waals surface area contributed by atoms with Crippen molar-refractivity contribution in [3.05, 3.63) is 77.1 Å². The summed E-state index contributed by atoms with van der Waals surface area (Å²) in [7, 11) is 0. The van der Waals surface area contributed by atoms with Crippen LogP contribution in [0.15, 0.2) is 60.7 Å². The molecule has 1 fully saturated rings. The molecule has 1 aliphatic rings. The van der Waals surface area contributed by atoms with Crippen molar-refractivity contribution in [3.8, 4) is 16.9 Å². The van der Waals surface area contributed by atoms with Crippen molar-refractivity contribution in [2.45, 2.75) is 60.8 Å². The van der Waals surface area contributed by atoms with Gasteiger partial charge in [0.05, 0.1) is 28.4 Å². The third-order valence-corrected chi connectivity index (χ3v) is 7.07. The molecule has 0 aliphatic carbocycles. The molecule has 1 N–H and O–H groups in total. The second kappa shape index (κ2) is 16.1. The molecular weight excluding hydrogens is 532 g/mol. The van der Waals surface area contributed by atoms with E-state index in [-0.39, 0.29) is 5.91 Å². The molecule has 5 rings (SSSR count). The number of nitrogens with one attached hydrogen (secondary N) is 1. The molecule has 41 heavy (non-hydrogen) atoms. The van der Waals surface area contributed by atoms with E-state index >= 15 is 0 Å². The summed E-state index contributed by atoms with van der Waals surface area (Å²) in [5, 5.41) is 0.777. The third-order valence-electron chi connectivity index (χ3n) is 6.75. The summed E-state index contributed by atoms with van der Waals surface area (Å²) < 4.78 is 5.83. The highest BCUT2D eigenvalue weighted by molar-refractivity contribution is 6.33. The summed E-state index contributed by atoms with van der Waals surface area (Å²) >= 11 is 6.13. The number of aromatic amines is 1. The fourth-order valence-corrected chi connectivity index (χ4v) is 4.93. The van der Waals surface area contributed by atoms with Gasteiger partial charge in [0.25, 0.3) is 0 Å². The number of hydrogen-bond acceptors (Lipinski definition) is 4. The van der Waals surface area contributed by atoms with E-state index in [1.807, 2.05) is 36.1 Å². The van der Waals surface area contributed by atoms with E-state index in [0.717, 1.165) is 78.9 Å². The average molecular weight is 577 g/mol. The topological polar surface area (TPSA) is 61.5 Å². The lowest BCUT2D eigenvalue weighted by molar-refractivity contribution is -0.129. The van der Waals surface area contributed by atoms with Gasteiger partial charge in [0.2, 0.25) is 5.91 Å². The van der Waals surface area contributed by atoms with Crippen molar-refractivity contribution in [2.24, 2.45) is 0 Å². The van der Waals surface area contributed by atoms with Crippen LogP contribution < -0.4 is 9.64 Å². The van der Waals surface area contributed by atoms with Gasteiger partial charge in [-0.15, -0.1) is 0 Å². The maximum absolute atomic E-state index is 11.2. The predicted molar refractivity (Wildman–Crippen MR) is 173 cm³/mol. The van der Waals surface area contributed by atoms with Gasteiger partial charge in [0, 0.05) is 33.1 Å². The molecule has 220 valence electrons. The van der Waals surface area contributed by atoms with Gasteiger partial charge >= 0.3 is 0 Å². The first-order chi connectivity index (χ1) is 19.8. The van der Waals surface area contributed by atoms with Crippen molar-refractivity contribution in [1.82, 2.24) is 14.9 Å². The Kier molecular flexibility index (Phi) is 12.5. The fraction of sp³-hybridized carbons (Fsp3) is 0.412. The number of benzene rings is 3. The number of hydrogen-bond donors (Lipinski definition) is 1. The van der Waals surface area contributed by atoms with Crippen LogP contribution in [0, 0.1) is 6.92 Å². The van der Waals surface area contributed by atoms with Gasteiger partial charge < -0.3 is 19.5 Å². The minimum atomic E-state index is 0.152. The first-order valence-electron chi connectivity index (χ1n) is 14.8. The number of amides is 1. The molecule has 3 aromatic carbocycles. The lowest BCUT2D eigenvalue weighted by Crippen LogP contribution is -2.48. The zero-order chi connectivity index (χ0) is 29.8. The molecule has 0 saturated carbocycles. The van der Waals surface area contributed by atoms with Gasteiger partial charge in [-0.05, 0) is 72.9 Å². The molecule has 2 heterocycles. The molecule has 6 nitrogen and oxygen atoms in total. The van der Waals surface area contributed by atoms with Crippen LogP contribution in [-0.4, -0.2) is 53.6 Å². The number of ether oxygens (including phenoxy) is 1. The van der Waals surface area contributed by atoms with Gasteiger partial charge in [0.1, 0.15) is 11.6 Å². The Morgan fingerprint density at radius 3 is 2.24 bits per heavy atom. The lowest BCUT2D eigenvalue weighted by atomic mass is 10.0. The van der Waals surface area contributed by atoms with Crippen LogP contribution in [0.3, 0.4) is 0 Å². The monoisotopic (exact) mass is 576 g/mol. The highest BCUT2D eigenvalue weighted by Crippen LogP contribution is 2.29. The summed E-state index contributed by atoms with van der Waals surface area (Å²) in [6, 6.07) is 20.6. The van der Waals surface area contributed by atoms with Crippen LogP contribution in [-0.2, 0) is 11.2 Å². The Bertz CT molecular complexity index is 1390. The number of fused-ring (bicyclic) bond motifs is 1. The highest BCUT2D eigenvalue weighted by Gasteiger charge is 2.19. The van der Waals surface area contributed by atoms with Crippen LogP contribution in [0.4, 0.5) is 5.69 Å². The second-order valence-corrected chi connectivity index (χ2v) is 10.6. The highest BCUT2D eigenvalue weighted by atomic mass is 35.5. The third kappa shape index (κ3) is 8.99. The van der Waals surface area contributed by atoms with Crippen LogP contribution in [0.2, 0.25) is 5.02 Å². The predicted octanol–water partition coefficient (Wildman–Crippen LogP) is 8.31. The molecule has 0 bridgehead atoms. The van der Waals surface area contributed by atoms with Crippen molar-refractivity contribution >= 4 is 34.2 Å². The minimum absolute atomic E-state index is 0.152. The van der Waals surface area contributed by atoms with E-state index in [1.165, 1.54) is 23.1 Å². The van der Waals surface area contributed by atoms with E-state index in [2.05, 4.69) is 79.0 Å². The quantitative estimate of drug-likeness (QED) is 0.251. The van der Waals surface area contributed by atoms with Crippen LogP contribution >= 0.6 is 11.6 Å². The number of aryl methyl sites for hydroxylation is 2. The molecule has 7 heteroatoms. The standard InChI is InChI=1S/C19H22N2O.C12H15ClN2O.C3H8/c1-4-10-22-19-9-7-15(11-14(19)5-2)16-6-8-17-18(12-16)21-13(3)20-17;1-10(16)14-6-8-15(9-7-14)12-5-3-2-4-11(12)13;1-3-2/h6-9,11-12H,4-5,10H2,1-3H3,(H,20,21);2-5H,6-9H2,1H3;3H2,1-2H3. The van der Waals surface area contributed by atoms with E-state index in [1.54, 1.807) is 6.92 Å². The Morgan fingerprint density at radius 2 is 1.61 bits per heavy atom. The largest absolute Gasteiger partial charge is 0.493 e. The SMILES string of the molecule is CC(=O)N1CCN(c2ccccc2Cl)CC1.CCC.CCCOc1ccc(-c2ccc3nc(C)[nH]c3c2)cc1CC. The first kappa shape index (κ1) is 32.0. The summed E-state index contributed by atoms with van der Waals surface area (Å²) in [5.74, 6) is 2.11. The molecule has 0 unspecified atom stereocenters. The lowest BCUT2D eigenvalue weighted by Gasteiger charge is -2.36. The molecule has 4 aromatic rings. The van der Waals surface area contributed by atoms with Gasteiger partial charge in [0.15, 0.2) is 0 Å². The smallest absolute Gasteiger partial charge is 0.219 e. The average Bonchev–Trinajstić information content (AvgIpc) is 3.36. The number of nitrogens with zero attached hydrogens (tertiary/aromatic N) is 3.